The molecule has 112 valence electrons. The number of hydrogen-bond acceptors (Lipinski definition) is 1. The molecule has 1 aliphatic heterocycles. The van der Waals surface area contributed by atoms with Gasteiger partial charge in [-0.25, -0.2) is 0 Å². The number of halogens is 7. The monoisotopic (exact) mass is 334 g/mol. The summed E-state index contributed by atoms with van der Waals surface area (Å²) < 4.78 is 75.8. The largest absolute Gasteiger partial charge is 0.416 e. The topological polar surface area (TPSA) is 0 Å². The zero-order valence-electron chi connectivity index (χ0n) is 9.85. The van der Waals surface area contributed by atoms with Crippen LogP contribution in [0.5, 0.6) is 0 Å². The van der Waals surface area contributed by atoms with Crippen molar-refractivity contribution in [3.63, 3.8) is 0 Å². The van der Waals surface area contributed by atoms with E-state index in [2.05, 4.69) is 0 Å². The van der Waals surface area contributed by atoms with E-state index in [9.17, 15) is 26.3 Å². The van der Waals surface area contributed by atoms with Crippen molar-refractivity contribution >= 4 is 23.4 Å². The van der Waals surface area contributed by atoms with Crippen LogP contribution in [0.1, 0.15) is 11.1 Å². The molecule has 0 bridgehead atoms. The second-order valence-electron chi connectivity index (χ2n) is 4.66. The number of rotatable bonds is 2. The maximum atomic E-state index is 13.1. The zero-order valence-corrected chi connectivity index (χ0v) is 11.4. The normalized spacial score (nSPS) is 27.2. The maximum Gasteiger partial charge on any atom is 0.416 e. The Morgan fingerprint density at radius 1 is 1.20 bits per heavy atom. The van der Waals surface area contributed by atoms with Crippen molar-refractivity contribution < 1.29 is 26.3 Å². The quantitative estimate of drug-likeness (QED) is 0.535. The Morgan fingerprint density at radius 2 is 1.85 bits per heavy atom. The number of alkyl halides is 7. The van der Waals surface area contributed by atoms with Crippen LogP contribution in [0.25, 0.3) is 0 Å². The minimum absolute atomic E-state index is 0.0110. The Hall–Kier alpha value is -0.560. The van der Waals surface area contributed by atoms with Gasteiger partial charge in [-0.05, 0) is 18.1 Å². The summed E-state index contributed by atoms with van der Waals surface area (Å²) >= 11 is 6.60. The van der Waals surface area contributed by atoms with Crippen molar-refractivity contribution in [1.29, 1.82) is 0 Å². The standard InChI is InChI=1S/C12H9ClF6S/c13-9-10(6-20-9,12(17,18)19)5-7-2-1-3-8(4-7)11(14,15)16/h1-4,9H,5-6H2. The van der Waals surface area contributed by atoms with Crippen LogP contribution in [0, 0.1) is 5.41 Å². The Bertz CT molecular complexity index is 497. The van der Waals surface area contributed by atoms with Crippen molar-refractivity contribution in [2.45, 2.75) is 23.5 Å². The highest BCUT2D eigenvalue weighted by molar-refractivity contribution is 8.02. The third-order valence-corrected chi connectivity index (χ3v) is 5.48. The van der Waals surface area contributed by atoms with Crippen LogP contribution in [-0.2, 0) is 12.6 Å². The number of thioether (sulfide) groups is 1. The first-order valence-electron chi connectivity index (χ1n) is 5.55. The van der Waals surface area contributed by atoms with Gasteiger partial charge in [0.25, 0.3) is 0 Å². The SMILES string of the molecule is FC(F)(F)c1cccc(CC2(C(F)(F)F)CSC2Cl)c1. The predicted octanol–water partition coefficient (Wildman–Crippen LogP) is 5.11. The van der Waals surface area contributed by atoms with Crippen LogP contribution in [0.2, 0.25) is 0 Å². The summed E-state index contributed by atoms with van der Waals surface area (Å²) in [4.78, 5) is 0. The molecule has 0 amide bonds. The van der Waals surface area contributed by atoms with E-state index in [0.29, 0.717) is 0 Å². The van der Waals surface area contributed by atoms with E-state index in [1.165, 1.54) is 6.07 Å². The van der Waals surface area contributed by atoms with Gasteiger partial charge in [0.05, 0.1) is 10.3 Å². The Morgan fingerprint density at radius 3 is 2.25 bits per heavy atom. The number of benzene rings is 1. The molecule has 0 aromatic heterocycles. The van der Waals surface area contributed by atoms with Gasteiger partial charge < -0.3 is 0 Å². The fourth-order valence-electron chi connectivity index (χ4n) is 2.01. The molecule has 0 saturated carbocycles. The van der Waals surface area contributed by atoms with Crippen molar-refractivity contribution in [3.05, 3.63) is 35.4 Å². The van der Waals surface area contributed by atoms with Crippen molar-refractivity contribution in [1.82, 2.24) is 0 Å². The molecule has 8 heteroatoms. The maximum absolute atomic E-state index is 13.1. The van der Waals surface area contributed by atoms with E-state index in [-0.39, 0.29) is 11.3 Å². The molecule has 1 aromatic rings. The lowest BCUT2D eigenvalue weighted by atomic mass is 9.83. The van der Waals surface area contributed by atoms with E-state index in [0.717, 1.165) is 30.0 Å². The molecule has 0 aliphatic carbocycles. The van der Waals surface area contributed by atoms with Crippen molar-refractivity contribution in [2.75, 3.05) is 5.75 Å². The van der Waals surface area contributed by atoms with E-state index in [1.54, 1.807) is 0 Å². The summed E-state index contributed by atoms with van der Waals surface area (Å²) in [5.74, 6) is -0.235. The van der Waals surface area contributed by atoms with Gasteiger partial charge in [-0.1, -0.05) is 18.2 Å². The highest BCUT2D eigenvalue weighted by atomic mass is 35.5. The van der Waals surface area contributed by atoms with Gasteiger partial charge in [-0.2, -0.15) is 26.3 Å². The minimum Gasteiger partial charge on any atom is -0.170 e. The van der Waals surface area contributed by atoms with Crippen molar-refractivity contribution in [3.8, 4) is 0 Å². The van der Waals surface area contributed by atoms with Gasteiger partial charge in [-0.15, -0.1) is 23.4 Å². The van der Waals surface area contributed by atoms with Crippen molar-refractivity contribution in [2.24, 2.45) is 5.41 Å². The summed E-state index contributed by atoms with van der Waals surface area (Å²) in [7, 11) is 0. The smallest absolute Gasteiger partial charge is 0.170 e. The second kappa shape index (κ2) is 5.02. The zero-order chi connectivity index (χ0) is 15.2. The van der Waals surface area contributed by atoms with E-state index < -0.39 is 34.5 Å². The fourth-order valence-corrected chi connectivity index (χ4v) is 3.77. The Labute approximate surface area is 120 Å². The molecule has 2 unspecified atom stereocenters. The van der Waals surface area contributed by atoms with Crippen LogP contribution in [0.4, 0.5) is 26.3 Å². The van der Waals surface area contributed by atoms with Crippen LogP contribution >= 0.6 is 23.4 Å². The molecule has 0 radical (unpaired) electrons. The summed E-state index contributed by atoms with van der Waals surface area (Å²) in [6.07, 6.45) is -9.66. The van der Waals surface area contributed by atoms with Crippen LogP contribution in [0.15, 0.2) is 24.3 Å². The molecular formula is C12H9ClF6S. The third-order valence-electron chi connectivity index (χ3n) is 3.26. The lowest BCUT2D eigenvalue weighted by Gasteiger charge is -2.46. The van der Waals surface area contributed by atoms with Crippen LogP contribution < -0.4 is 0 Å². The molecule has 1 aromatic carbocycles. The van der Waals surface area contributed by atoms with Crippen LogP contribution in [0.3, 0.4) is 0 Å². The van der Waals surface area contributed by atoms with E-state index >= 15 is 0 Å². The molecule has 20 heavy (non-hydrogen) atoms. The van der Waals surface area contributed by atoms with Gasteiger partial charge >= 0.3 is 12.4 Å². The van der Waals surface area contributed by atoms with Gasteiger partial charge in [-0.3, -0.25) is 0 Å². The first kappa shape index (κ1) is 15.8. The Balaban J connectivity index is 2.30. The molecule has 1 fully saturated rings. The molecule has 0 spiro atoms. The van der Waals surface area contributed by atoms with Crippen LogP contribution in [-0.4, -0.2) is 16.6 Å². The lowest BCUT2D eigenvalue weighted by molar-refractivity contribution is -0.214. The Kier molecular flexibility index (Phi) is 3.97. The molecule has 1 saturated heterocycles. The number of hydrogen-bond donors (Lipinski definition) is 0. The summed E-state index contributed by atoms with van der Waals surface area (Å²) in [5.41, 5.74) is -3.11. The first-order valence-corrected chi connectivity index (χ1v) is 7.03. The first-order chi connectivity index (χ1) is 9.06. The molecule has 0 nitrogen and oxygen atoms in total. The second-order valence-corrected chi connectivity index (χ2v) is 6.44. The molecule has 1 aliphatic rings. The summed E-state index contributed by atoms with van der Waals surface area (Å²) in [5, 5.41) is 0. The van der Waals surface area contributed by atoms with E-state index in [1.807, 2.05) is 0 Å². The summed E-state index contributed by atoms with van der Waals surface area (Å²) in [6.45, 7) is 0. The third kappa shape index (κ3) is 2.74. The molecule has 0 N–H and O–H groups in total. The van der Waals surface area contributed by atoms with Gasteiger partial charge in [0, 0.05) is 5.75 Å². The molecule has 2 rings (SSSR count). The van der Waals surface area contributed by atoms with Gasteiger partial charge in [0.15, 0.2) is 0 Å². The van der Waals surface area contributed by atoms with Gasteiger partial charge in [0.1, 0.15) is 5.41 Å². The lowest BCUT2D eigenvalue weighted by Crippen LogP contribution is -2.54. The average Bonchev–Trinajstić information content (AvgIpc) is 2.31. The molecule has 2 atom stereocenters. The fraction of sp³-hybridized carbons (Fsp3) is 0.500. The molecular weight excluding hydrogens is 326 g/mol. The van der Waals surface area contributed by atoms with Gasteiger partial charge in [0.2, 0.25) is 0 Å². The molecule has 1 heterocycles. The highest BCUT2D eigenvalue weighted by Gasteiger charge is 2.64. The predicted molar refractivity (Wildman–Crippen MR) is 65.7 cm³/mol. The average molecular weight is 335 g/mol. The summed E-state index contributed by atoms with van der Waals surface area (Å²) in [6, 6.07) is 3.95. The van der Waals surface area contributed by atoms with E-state index in [4.69, 9.17) is 11.6 Å². The highest BCUT2D eigenvalue weighted by Crippen LogP contribution is 2.59. The minimum atomic E-state index is -4.57.